The Bertz CT molecular complexity index is 539. The highest BCUT2D eigenvalue weighted by Crippen LogP contribution is 2.31. The van der Waals surface area contributed by atoms with Crippen LogP contribution in [0.25, 0.3) is 0 Å². The largest absolute Gasteiger partial charge is 0.472 e. The van der Waals surface area contributed by atoms with Crippen LogP contribution < -0.4 is 10.1 Å². The van der Waals surface area contributed by atoms with Crippen LogP contribution in [0.3, 0.4) is 0 Å². The molecule has 0 spiro atoms. The average molecular weight is 299 g/mol. The molecule has 1 aliphatic carbocycles. The minimum atomic E-state index is -4.55. The molecule has 0 aliphatic heterocycles. The highest BCUT2D eigenvalue weighted by Gasteiger charge is 2.34. The zero-order valence-corrected chi connectivity index (χ0v) is 11.6. The van der Waals surface area contributed by atoms with Crippen molar-refractivity contribution in [3.05, 3.63) is 23.4 Å². The molecule has 2 atom stereocenters. The van der Waals surface area contributed by atoms with E-state index in [-0.39, 0.29) is 23.6 Å². The Labute approximate surface area is 120 Å². The molecule has 21 heavy (non-hydrogen) atoms. The van der Waals surface area contributed by atoms with Gasteiger partial charge in [0.1, 0.15) is 23.4 Å². The maximum atomic E-state index is 12.7. The van der Waals surface area contributed by atoms with Gasteiger partial charge >= 0.3 is 6.18 Å². The first kappa shape index (κ1) is 15.6. The van der Waals surface area contributed by atoms with Gasteiger partial charge in [0.05, 0.1) is 0 Å². The molecular formula is C14H16F3N3O. The van der Waals surface area contributed by atoms with Crippen molar-refractivity contribution in [1.29, 1.82) is 5.26 Å². The van der Waals surface area contributed by atoms with Gasteiger partial charge in [-0.3, -0.25) is 0 Å². The first-order valence-electron chi connectivity index (χ1n) is 6.78. The van der Waals surface area contributed by atoms with Crippen LogP contribution in [0.4, 0.5) is 13.2 Å². The van der Waals surface area contributed by atoms with Crippen molar-refractivity contribution in [3.63, 3.8) is 0 Å². The Morgan fingerprint density at radius 3 is 2.67 bits per heavy atom. The van der Waals surface area contributed by atoms with E-state index in [2.05, 4.69) is 10.3 Å². The van der Waals surface area contributed by atoms with E-state index in [1.165, 1.54) is 0 Å². The first-order chi connectivity index (χ1) is 9.95. The predicted octanol–water partition coefficient (Wildman–Crippen LogP) is 2.88. The summed E-state index contributed by atoms with van der Waals surface area (Å²) in [6.07, 6.45) is -1.21. The molecule has 0 aromatic carbocycles. The van der Waals surface area contributed by atoms with E-state index in [0.29, 0.717) is 0 Å². The van der Waals surface area contributed by atoms with E-state index >= 15 is 0 Å². The quantitative estimate of drug-likeness (QED) is 0.932. The van der Waals surface area contributed by atoms with Crippen molar-refractivity contribution in [2.45, 2.75) is 44.0 Å². The molecule has 1 saturated carbocycles. The van der Waals surface area contributed by atoms with Gasteiger partial charge in [-0.05, 0) is 38.4 Å². The molecule has 4 nitrogen and oxygen atoms in total. The molecule has 2 unspecified atom stereocenters. The van der Waals surface area contributed by atoms with Crippen LogP contribution >= 0.6 is 0 Å². The second-order valence-corrected chi connectivity index (χ2v) is 4.99. The molecule has 7 heteroatoms. The fourth-order valence-electron chi connectivity index (χ4n) is 2.48. The van der Waals surface area contributed by atoms with E-state index in [0.717, 1.165) is 37.8 Å². The Kier molecular flexibility index (Phi) is 4.68. The van der Waals surface area contributed by atoms with E-state index in [9.17, 15) is 13.2 Å². The number of alkyl halides is 3. The Morgan fingerprint density at radius 2 is 2.05 bits per heavy atom. The number of nitrogens with zero attached hydrogens (tertiary/aromatic N) is 2. The molecule has 0 bridgehead atoms. The van der Waals surface area contributed by atoms with Gasteiger partial charge in [-0.1, -0.05) is 6.42 Å². The summed E-state index contributed by atoms with van der Waals surface area (Å²) in [6.45, 7) is 0. The molecule has 1 fully saturated rings. The fourth-order valence-corrected chi connectivity index (χ4v) is 2.48. The van der Waals surface area contributed by atoms with Gasteiger partial charge in [-0.2, -0.15) is 18.4 Å². The summed E-state index contributed by atoms with van der Waals surface area (Å²) >= 11 is 0. The molecule has 1 aromatic rings. The number of hydrogen-bond donors (Lipinski definition) is 1. The number of pyridine rings is 1. The number of likely N-dealkylation sites (N-methyl/N-ethyl adjacent to an activating group) is 1. The third kappa shape index (κ3) is 3.64. The number of aromatic nitrogens is 1. The molecule has 1 heterocycles. The van der Waals surface area contributed by atoms with E-state index in [1.807, 2.05) is 6.07 Å². The van der Waals surface area contributed by atoms with Crippen LogP contribution in [0, 0.1) is 11.3 Å². The number of hydrogen-bond acceptors (Lipinski definition) is 4. The van der Waals surface area contributed by atoms with Crippen LogP contribution in [0.2, 0.25) is 0 Å². The van der Waals surface area contributed by atoms with Crippen LogP contribution in [0.5, 0.6) is 5.88 Å². The van der Waals surface area contributed by atoms with E-state index in [1.54, 1.807) is 7.05 Å². The van der Waals surface area contributed by atoms with Crippen molar-refractivity contribution >= 4 is 0 Å². The summed E-state index contributed by atoms with van der Waals surface area (Å²) in [5, 5.41) is 12.1. The molecule has 0 amide bonds. The highest BCUT2D eigenvalue weighted by molar-refractivity contribution is 5.39. The van der Waals surface area contributed by atoms with Crippen LogP contribution in [-0.4, -0.2) is 24.2 Å². The molecule has 1 N–H and O–H groups in total. The highest BCUT2D eigenvalue weighted by atomic mass is 19.4. The van der Waals surface area contributed by atoms with Crippen LogP contribution in [0.1, 0.15) is 36.9 Å². The minimum Gasteiger partial charge on any atom is -0.472 e. The van der Waals surface area contributed by atoms with Crippen LogP contribution in [0.15, 0.2) is 12.1 Å². The summed E-state index contributed by atoms with van der Waals surface area (Å²) in [5.41, 5.74) is -1.03. The third-order valence-electron chi connectivity index (χ3n) is 3.61. The Morgan fingerprint density at radius 1 is 1.33 bits per heavy atom. The third-order valence-corrected chi connectivity index (χ3v) is 3.61. The smallest absolute Gasteiger partial charge is 0.433 e. The summed E-state index contributed by atoms with van der Waals surface area (Å²) in [7, 11) is 1.79. The molecule has 0 radical (unpaired) electrons. The lowest BCUT2D eigenvalue weighted by Crippen LogP contribution is -2.43. The number of ether oxygens (including phenoxy) is 1. The Hall–Kier alpha value is -1.81. The SMILES string of the molecule is CNC1CCCCC1Oc1nc(C(F)(F)F)ccc1C#N. The van der Waals surface area contributed by atoms with Crippen molar-refractivity contribution in [3.8, 4) is 11.9 Å². The van der Waals surface area contributed by atoms with Gasteiger partial charge in [0.2, 0.25) is 5.88 Å². The van der Waals surface area contributed by atoms with Gasteiger partial charge in [0.15, 0.2) is 0 Å². The average Bonchev–Trinajstić information content (AvgIpc) is 2.47. The van der Waals surface area contributed by atoms with Gasteiger partial charge in [0, 0.05) is 6.04 Å². The van der Waals surface area contributed by atoms with Gasteiger partial charge in [-0.25, -0.2) is 4.98 Å². The van der Waals surface area contributed by atoms with E-state index < -0.39 is 11.9 Å². The zero-order valence-electron chi connectivity index (χ0n) is 11.6. The normalized spacial score (nSPS) is 22.6. The number of halogens is 3. The molecule has 0 saturated heterocycles. The fraction of sp³-hybridized carbons (Fsp3) is 0.571. The summed E-state index contributed by atoms with van der Waals surface area (Å²) < 4.78 is 43.8. The molecule has 2 rings (SSSR count). The number of rotatable bonds is 3. The lowest BCUT2D eigenvalue weighted by Gasteiger charge is -2.31. The lowest BCUT2D eigenvalue weighted by atomic mass is 9.92. The topological polar surface area (TPSA) is 57.9 Å². The monoisotopic (exact) mass is 299 g/mol. The predicted molar refractivity (Wildman–Crippen MR) is 69.7 cm³/mol. The van der Waals surface area contributed by atoms with Gasteiger partial charge in [0.25, 0.3) is 0 Å². The summed E-state index contributed by atoms with van der Waals surface area (Å²) in [6, 6.07) is 3.77. The molecule has 1 aliphatic rings. The second-order valence-electron chi connectivity index (χ2n) is 4.99. The first-order valence-corrected chi connectivity index (χ1v) is 6.78. The Balaban J connectivity index is 2.27. The van der Waals surface area contributed by atoms with Gasteiger partial charge in [-0.15, -0.1) is 0 Å². The molecule has 114 valence electrons. The molecule has 1 aromatic heterocycles. The maximum absolute atomic E-state index is 12.7. The summed E-state index contributed by atoms with van der Waals surface area (Å²) in [4.78, 5) is 3.48. The van der Waals surface area contributed by atoms with Crippen molar-refractivity contribution in [2.24, 2.45) is 0 Å². The van der Waals surface area contributed by atoms with Crippen molar-refractivity contribution in [1.82, 2.24) is 10.3 Å². The van der Waals surface area contributed by atoms with Crippen molar-refractivity contribution in [2.75, 3.05) is 7.05 Å². The van der Waals surface area contributed by atoms with Gasteiger partial charge < -0.3 is 10.1 Å². The second kappa shape index (κ2) is 6.31. The maximum Gasteiger partial charge on any atom is 0.433 e. The zero-order chi connectivity index (χ0) is 15.5. The number of nitrogens with one attached hydrogen (secondary N) is 1. The van der Waals surface area contributed by atoms with Crippen LogP contribution in [-0.2, 0) is 6.18 Å². The standard InChI is InChI=1S/C14H16F3N3O/c1-19-10-4-2-3-5-11(10)21-13-9(8-18)6-7-12(20-13)14(15,16)17/h6-7,10-11,19H,2-5H2,1H3. The van der Waals surface area contributed by atoms with E-state index in [4.69, 9.17) is 10.00 Å². The summed E-state index contributed by atoms with van der Waals surface area (Å²) in [5.74, 6) is -0.237. The van der Waals surface area contributed by atoms with Crippen molar-refractivity contribution < 1.29 is 17.9 Å². The molecular weight excluding hydrogens is 283 g/mol. The number of nitriles is 1. The minimum absolute atomic E-state index is 0.0171. The lowest BCUT2D eigenvalue weighted by molar-refractivity contribution is -0.141.